The number of fused-ring (bicyclic) bond motifs is 1. The molecule has 3 aromatic rings. The van der Waals surface area contributed by atoms with Crippen LogP contribution in [-0.4, -0.2) is 21.4 Å². The molecular weight excluding hydrogens is 348 g/mol. The normalized spacial score (nSPS) is 10.8. The molecule has 0 atom stereocenters. The predicted molar refractivity (Wildman–Crippen MR) is 99.1 cm³/mol. The molecule has 140 valence electrons. The molecule has 0 saturated carbocycles. The van der Waals surface area contributed by atoms with Crippen LogP contribution in [0.3, 0.4) is 0 Å². The maximum atomic E-state index is 12.4. The Bertz CT molecular complexity index is 1080. The summed E-state index contributed by atoms with van der Waals surface area (Å²) in [5.41, 5.74) is 5.52. The molecule has 0 spiro atoms. The van der Waals surface area contributed by atoms with Crippen molar-refractivity contribution >= 4 is 22.7 Å². The first-order chi connectivity index (χ1) is 12.9. The van der Waals surface area contributed by atoms with Crippen LogP contribution in [0.25, 0.3) is 10.9 Å². The van der Waals surface area contributed by atoms with Crippen molar-refractivity contribution < 1.29 is 14.0 Å². The molecule has 8 nitrogen and oxygen atoms in total. The van der Waals surface area contributed by atoms with Crippen molar-refractivity contribution in [2.24, 2.45) is 7.05 Å². The summed E-state index contributed by atoms with van der Waals surface area (Å²) in [5, 5.41) is 0.534. The van der Waals surface area contributed by atoms with Gasteiger partial charge in [0.1, 0.15) is 17.3 Å². The highest BCUT2D eigenvalue weighted by atomic mass is 16.3. The van der Waals surface area contributed by atoms with Crippen LogP contribution in [0, 0.1) is 13.8 Å². The molecule has 0 radical (unpaired) electrons. The zero-order valence-corrected chi connectivity index (χ0v) is 15.3. The molecule has 2 N–H and O–H groups in total. The Morgan fingerprint density at radius 3 is 2.63 bits per heavy atom. The number of furan rings is 1. The molecule has 2 aromatic heterocycles. The van der Waals surface area contributed by atoms with Crippen LogP contribution < -0.4 is 16.4 Å². The summed E-state index contributed by atoms with van der Waals surface area (Å²) in [7, 11) is 1.63. The van der Waals surface area contributed by atoms with Crippen molar-refractivity contribution in [1.82, 2.24) is 20.4 Å². The Balaban J connectivity index is 1.62. The highest BCUT2D eigenvalue weighted by Gasteiger charge is 2.15. The number of nitrogens with zero attached hydrogens (tertiary/aromatic N) is 2. The molecule has 0 bridgehead atoms. The summed E-state index contributed by atoms with van der Waals surface area (Å²) < 4.78 is 6.73. The van der Waals surface area contributed by atoms with Gasteiger partial charge in [-0.3, -0.25) is 29.8 Å². The molecule has 0 aliphatic heterocycles. The third kappa shape index (κ3) is 3.89. The van der Waals surface area contributed by atoms with E-state index < -0.39 is 5.91 Å². The summed E-state index contributed by atoms with van der Waals surface area (Å²) in [4.78, 5) is 40.9. The Morgan fingerprint density at radius 1 is 1.19 bits per heavy atom. The van der Waals surface area contributed by atoms with E-state index in [9.17, 15) is 14.4 Å². The van der Waals surface area contributed by atoms with Crippen molar-refractivity contribution in [3.63, 3.8) is 0 Å². The molecule has 0 aliphatic carbocycles. The minimum absolute atomic E-state index is 0.0717. The summed E-state index contributed by atoms with van der Waals surface area (Å²) >= 11 is 0. The predicted octanol–water partition coefficient (Wildman–Crippen LogP) is 1.54. The van der Waals surface area contributed by atoms with E-state index in [1.54, 1.807) is 51.2 Å². The Labute approximate surface area is 155 Å². The number of carbonyl (C=O) groups excluding carboxylic acids is 2. The molecule has 27 heavy (non-hydrogen) atoms. The molecule has 2 amide bonds. The maximum absolute atomic E-state index is 12.4. The van der Waals surface area contributed by atoms with Gasteiger partial charge in [-0.15, -0.1) is 0 Å². The third-order valence-corrected chi connectivity index (χ3v) is 4.25. The fraction of sp³-hybridized carbons (Fsp3) is 0.263. The van der Waals surface area contributed by atoms with Crippen LogP contribution in [0.2, 0.25) is 0 Å². The topological polar surface area (TPSA) is 106 Å². The van der Waals surface area contributed by atoms with E-state index in [1.807, 2.05) is 0 Å². The Kier molecular flexibility index (Phi) is 5.07. The number of amides is 2. The van der Waals surface area contributed by atoms with Gasteiger partial charge in [-0.05, 0) is 32.0 Å². The lowest BCUT2D eigenvalue weighted by atomic mass is 10.2. The molecule has 0 aliphatic rings. The average molecular weight is 368 g/mol. The van der Waals surface area contributed by atoms with Gasteiger partial charge in [0.15, 0.2) is 0 Å². The van der Waals surface area contributed by atoms with Crippen molar-refractivity contribution in [3.8, 4) is 0 Å². The average Bonchev–Trinajstić information content (AvgIpc) is 2.99. The minimum atomic E-state index is -0.450. The lowest BCUT2D eigenvalue weighted by Crippen LogP contribution is -2.42. The van der Waals surface area contributed by atoms with E-state index in [1.165, 1.54) is 4.57 Å². The van der Waals surface area contributed by atoms with E-state index >= 15 is 0 Å². The molecule has 0 unspecified atom stereocenters. The fourth-order valence-electron chi connectivity index (χ4n) is 2.83. The molecular formula is C19H20N4O4. The third-order valence-electron chi connectivity index (χ3n) is 4.25. The van der Waals surface area contributed by atoms with Gasteiger partial charge in [0.2, 0.25) is 5.91 Å². The minimum Gasteiger partial charge on any atom is -0.466 e. The van der Waals surface area contributed by atoms with Gasteiger partial charge in [0.05, 0.1) is 16.5 Å². The smallest absolute Gasteiger partial charge is 0.273 e. The fourth-order valence-corrected chi connectivity index (χ4v) is 2.83. The number of carbonyl (C=O) groups is 2. The first-order valence-corrected chi connectivity index (χ1v) is 8.47. The molecule has 1 aromatic carbocycles. The van der Waals surface area contributed by atoms with Crippen LogP contribution in [0.4, 0.5) is 0 Å². The van der Waals surface area contributed by atoms with Gasteiger partial charge in [-0.25, -0.2) is 4.98 Å². The van der Waals surface area contributed by atoms with Crippen molar-refractivity contribution in [2.45, 2.75) is 26.7 Å². The zero-order valence-electron chi connectivity index (χ0n) is 15.3. The number of aryl methyl sites for hydroxylation is 3. The molecule has 0 fully saturated rings. The molecule has 2 heterocycles. The summed E-state index contributed by atoms with van der Waals surface area (Å²) in [5.74, 6) is 0.765. The van der Waals surface area contributed by atoms with Gasteiger partial charge in [0.25, 0.3) is 11.5 Å². The number of hydrogen-bond acceptors (Lipinski definition) is 5. The lowest BCUT2D eigenvalue weighted by Gasteiger charge is -2.10. The molecule has 0 saturated heterocycles. The van der Waals surface area contributed by atoms with Crippen LogP contribution in [0.5, 0.6) is 0 Å². The van der Waals surface area contributed by atoms with Gasteiger partial charge in [-0.1, -0.05) is 12.1 Å². The van der Waals surface area contributed by atoms with E-state index in [2.05, 4.69) is 15.8 Å². The van der Waals surface area contributed by atoms with Crippen molar-refractivity contribution in [1.29, 1.82) is 0 Å². The van der Waals surface area contributed by atoms with Crippen molar-refractivity contribution in [2.75, 3.05) is 0 Å². The largest absolute Gasteiger partial charge is 0.466 e. The van der Waals surface area contributed by atoms with E-state index in [4.69, 9.17) is 4.42 Å². The number of aromatic nitrogens is 2. The quantitative estimate of drug-likeness (QED) is 0.680. The highest BCUT2D eigenvalue weighted by Crippen LogP contribution is 2.13. The molecule has 8 heteroatoms. The van der Waals surface area contributed by atoms with Gasteiger partial charge < -0.3 is 4.42 Å². The van der Waals surface area contributed by atoms with Crippen LogP contribution >= 0.6 is 0 Å². The maximum Gasteiger partial charge on any atom is 0.273 e. The number of para-hydroxylation sites is 1. The second kappa shape index (κ2) is 7.45. The van der Waals surface area contributed by atoms with E-state index in [-0.39, 0.29) is 24.3 Å². The second-order valence-corrected chi connectivity index (χ2v) is 6.24. The van der Waals surface area contributed by atoms with Crippen LogP contribution in [0.15, 0.2) is 39.5 Å². The van der Waals surface area contributed by atoms with Gasteiger partial charge in [0, 0.05) is 19.9 Å². The van der Waals surface area contributed by atoms with Crippen LogP contribution in [0.1, 0.15) is 34.1 Å². The number of benzene rings is 1. The first kappa shape index (κ1) is 18.4. The Morgan fingerprint density at radius 2 is 1.93 bits per heavy atom. The number of hydrogen-bond donors (Lipinski definition) is 2. The monoisotopic (exact) mass is 368 g/mol. The number of nitrogens with one attached hydrogen (secondary N) is 2. The second-order valence-electron chi connectivity index (χ2n) is 6.24. The van der Waals surface area contributed by atoms with Gasteiger partial charge in [-0.2, -0.15) is 0 Å². The molecule has 3 rings (SSSR count). The zero-order chi connectivity index (χ0) is 19.6. The summed E-state index contributed by atoms with van der Waals surface area (Å²) in [6.45, 7) is 3.42. The summed E-state index contributed by atoms with van der Waals surface area (Å²) in [6.07, 6.45) is 0.338. The van der Waals surface area contributed by atoms with Crippen molar-refractivity contribution in [3.05, 3.63) is 63.6 Å². The standard InChI is InChI=1S/C19H20N4O4/c1-11-10-14(12(2)27-11)18(25)22-21-17(24)9-8-16-20-15-7-5-4-6-13(15)19(26)23(16)3/h4-7,10H,8-9H2,1-3H3,(H,21,24)(H,22,25). The van der Waals surface area contributed by atoms with E-state index in [0.29, 0.717) is 33.8 Å². The van der Waals surface area contributed by atoms with Crippen LogP contribution in [-0.2, 0) is 18.3 Å². The lowest BCUT2D eigenvalue weighted by molar-refractivity contribution is -0.121. The van der Waals surface area contributed by atoms with Gasteiger partial charge >= 0.3 is 0 Å². The number of rotatable bonds is 4. The van der Waals surface area contributed by atoms with E-state index in [0.717, 1.165) is 0 Å². The Hall–Kier alpha value is -3.42. The highest BCUT2D eigenvalue weighted by molar-refractivity contribution is 5.96. The SMILES string of the molecule is Cc1cc(C(=O)NNC(=O)CCc2nc3ccccc3c(=O)n2C)c(C)o1. The summed E-state index contributed by atoms with van der Waals surface area (Å²) in [6, 6.07) is 8.67. The first-order valence-electron chi connectivity index (χ1n) is 8.47. The number of hydrazine groups is 1.